The Morgan fingerprint density at radius 2 is 1.97 bits per heavy atom. The molecular weight excluding hydrogens is 370 g/mol. The summed E-state index contributed by atoms with van der Waals surface area (Å²) in [5, 5.41) is 12.0. The maximum atomic E-state index is 12.8. The van der Waals surface area contributed by atoms with Gasteiger partial charge in [0.2, 0.25) is 17.7 Å². The van der Waals surface area contributed by atoms with Crippen LogP contribution in [0.25, 0.3) is 0 Å². The Bertz CT molecular complexity index is 861. The van der Waals surface area contributed by atoms with Crippen LogP contribution >= 0.6 is 0 Å². The molecule has 1 aliphatic heterocycles. The van der Waals surface area contributed by atoms with Gasteiger partial charge >= 0.3 is 0 Å². The van der Waals surface area contributed by atoms with Crippen LogP contribution in [0.15, 0.2) is 36.5 Å². The highest BCUT2D eigenvalue weighted by atomic mass is 16.2. The lowest BCUT2D eigenvalue weighted by Gasteiger charge is -2.22. The molecule has 1 aromatic carbocycles. The molecule has 3 rings (SSSR count). The molecule has 0 spiro atoms. The lowest BCUT2D eigenvalue weighted by atomic mass is 10.0. The van der Waals surface area contributed by atoms with E-state index in [1.807, 2.05) is 45.0 Å². The van der Waals surface area contributed by atoms with E-state index >= 15 is 0 Å². The van der Waals surface area contributed by atoms with Gasteiger partial charge in [-0.2, -0.15) is 5.10 Å². The quantitative estimate of drug-likeness (QED) is 0.666. The Balaban J connectivity index is 1.65. The van der Waals surface area contributed by atoms with Gasteiger partial charge in [-0.25, -0.2) is 0 Å². The number of rotatable bonds is 7. The molecule has 29 heavy (non-hydrogen) atoms. The predicted molar refractivity (Wildman–Crippen MR) is 110 cm³/mol. The van der Waals surface area contributed by atoms with E-state index in [2.05, 4.69) is 20.8 Å². The van der Waals surface area contributed by atoms with Crippen molar-refractivity contribution in [3.05, 3.63) is 42.1 Å². The molecule has 154 valence electrons. The van der Waals surface area contributed by atoms with Crippen LogP contribution in [0.2, 0.25) is 0 Å². The van der Waals surface area contributed by atoms with Gasteiger partial charge < -0.3 is 15.5 Å². The van der Waals surface area contributed by atoms with Crippen LogP contribution in [0.1, 0.15) is 32.3 Å². The second-order valence-corrected chi connectivity index (χ2v) is 7.89. The monoisotopic (exact) mass is 397 g/mol. The van der Waals surface area contributed by atoms with Crippen molar-refractivity contribution in [1.29, 1.82) is 0 Å². The molecule has 0 bridgehead atoms. The molecule has 1 aliphatic rings. The maximum Gasteiger partial charge on any atom is 0.248 e. The van der Waals surface area contributed by atoms with E-state index in [4.69, 9.17) is 0 Å². The topological polar surface area (TPSA) is 107 Å². The van der Waals surface area contributed by atoms with Crippen molar-refractivity contribution in [2.24, 2.45) is 11.8 Å². The van der Waals surface area contributed by atoms with Gasteiger partial charge in [-0.15, -0.1) is 0 Å². The Labute approximate surface area is 170 Å². The van der Waals surface area contributed by atoms with Crippen LogP contribution in [0, 0.1) is 18.8 Å². The van der Waals surface area contributed by atoms with Crippen LogP contribution in [0.5, 0.6) is 0 Å². The third-order valence-electron chi connectivity index (χ3n) is 4.94. The van der Waals surface area contributed by atoms with E-state index in [-0.39, 0.29) is 30.1 Å². The number of H-pyrrole nitrogens is 1. The number of benzene rings is 1. The second kappa shape index (κ2) is 8.89. The largest absolute Gasteiger partial charge is 0.344 e. The Morgan fingerprint density at radius 1 is 1.24 bits per heavy atom. The van der Waals surface area contributed by atoms with Crippen LogP contribution < -0.4 is 15.5 Å². The van der Waals surface area contributed by atoms with Crippen molar-refractivity contribution in [3.8, 4) is 0 Å². The molecular formula is C21H27N5O3. The number of hydrogen-bond acceptors (Lipinski definition) is 4. The van der Waals surface area contributed by atoms with Gasteiger partial charge in [-0.1, -0.05) is 31.5 Å². The summed E-state index contributed by atoms with van der Waals surface area (Å²) in [7, 11) is 0. The normalized spacial score (nSPS) is 17.4. The zero-order valence-corrected chi connectivity index (χ0v) is 16.9. The van der Waals surface area contributed by atoms with Gasteiger partial charge in [-0.05, 0) is 31.4 Å². The molecule has 1 fully saturated rings. The average Bonchev–Trinajstić information content (AvgIpc) is 3.31. The molecule has 0 saturated carbocycles. The van der Waals surface area contributed by atoms with Crippen molar-refractivity contribution < 1.29 is 14.4 Å². The molecule has 0 radical (unpaired) electrons. The van der Waals surface area contributed by atoms with E-state index in [0.29, 0.717) is 18.8 Å². The minimum atomic E-state index is -0.686. The summed E-state index contributed by atoms with van der Waals surface area (Å²) >= 11 is 0. The molecule has 0 aliphatic carbocycles. The van der Waals surface area contributed by atoms with E-state index in [0.717, 1.165) is 11.3 Å². The molecule has 3 N–H and O–H groups in total. The van der Waals surface area contributed by atoms with Gasteiger partial charge in [-0.3, -0.25) is 19.5 Å². The minimum Gasteiger partial charge on any atom is -0.344 e. The predicted octanol–water partition coefficient (Wildman–Crippen LogP) is 2.24. The Hall–Kier alpha value is -3.16. The van der Waals surface area contributed by atoms with Crippen molar-refractivity contribution >= 4 is 29.2 Å². The standard InChI is InChI=1S/C21H27N5O3/c1-13(2)10-17(21(29)24-18-8-9-22-25-18)23-20(28)15-11-19(27)26(12-15)16-6-4-14(3)5-7-16/h4-9,13,15,17H,10-12H2,1-3H3,(H,23,28)(H2,22,24,25,29). The highest BCUT2D eigenvalue weighted by Crippen LogP contribution is 2.25. The minimum absolute atomic E-state index is 0.0867. The number of amides is 3. The zero-order valence-electron chi connectivity index (χ0n) is 16.9. The van der Waals surface area contributed by atoms with Crippen LogP contribution in [0.3, 0.4) is 0 Å². The fourth-order valence-electron chi connectivity index (χ4n) is 3.40. The number of hydrogen-bond donors (Lipinski definition) is 3. The summed E-state index contributed by atoms with van der Waals surface area (Å²) in [5.74, 6) is -0.481. The van der Waals surface area contributed by atoms with Gasteiger partial charge in [0.25, 0.3) is 0 Å². The van der Waals surface area contributed by atoms with Crippen LogP contribution in [-0.2, 0) is 14.4 Å². The third-order valence-corrected chi connectivity index (χ3v) is 4.94. The number of aromatic nitrogens is 2. The fraction of sp³-hybridized carbons (Fsp3) is 0.429. The van der Waals surface area contributed by atoms with Crippen molar-refractivity contribution in [3.63, 3.8) is 0 Å². The van der Waals surface area contributed by atoms with Gasteiger partial charge in [0.15, 0.2) is 0 Å². The zero-order chi connectivity index (χ0) is 21.0. The smallest absolute Gasteiger partial charge is 0.248 e. The summed E-state index contributed by atoms with van der Waals surface area (Å²) in [6.07, 6.45) is 2.17. The first-order valence-electron chi connectivity index (χ1n) is 9.81. The highest BCUT2D eigenvalue weighted by molar-refractivity contribution is 6.02. The first-order chi connectivity index (χ1) is 13.8. The molecule has 8 nitrogen and oxygen atoms in total. The van der Waals surface area contributed by atoms with Crippen LogP contribution in [-0.4, -0.2) is 40.5 Å². The Kier molecular flexibility index (Phi) is 6.31. The molecule has 2 unspecified atom stereocenters. The van der Waals surface area contributed by atoms with Gasteiger partial charge in [0.05, 0.1) is 12.1 Å². The lowest BCUT2D eigenvalue weighted by Crippen LogP contribution is -2.47. The van der Waals surface area contributed by atoms with Crippen molar-refractivity contribution in [1.82, 2.24) is 15.5 Å². The third kappa shape index (κ3) is 5.22. The molecule has 1 aromatic heterocycles. The molecule has 1 saturated heterocycles. The maximum absolute atomic E-state index is 12.8. The summed E-state index contributed by atoms with van der Waals surface area (Å²) in [6.45, 7) is 6.26. The second-order valence-electron chi connectivity index (χ2n) is 7.89. The number of nitrogens with one attached hydrogen (secondary N) is 3. The van der Waals surface area contributed by atoms with E-state index < -0.39 is 12.0 Å². The number of aromatic amines is 1. The number of anilines is 2. The van der Waals surface area contributed by atoms with E-state index in [9.17, 15) is 14.4 Å². The summed E-state index contributed by atoms with van der Waals surface area (Å²) in [4.78, 5) is 39.5. The lowest BCUT2D eigenvalue weighted by molar-refractivity contribution is -0.129. The van der Waals surface area contributed by atoms with E-state index in [1.54, 1.807) is 11.0 Å². The fourth-order valence-corrected chi connectivity index (χ4v) is 3.40. The number of carbonyl (C=O) groups is 3. The average molecular weight is 397 g/mol. The highest BCUT2D eigenvalue weighted by Gasteiger charge is 2.36. The van der Waals surface area contributed by atoms with Crippen molar-refractivity contribution in [2.75, 3.05) is 16.8 Å². The first kappa shape index (κ1) is 20.6. The summed E-state index contributed by atoms with van der Waals surface area (Å²) in [5.41, 5.74) is 1.89. The number of nitrogens with zero attached hydrogens (tertiary/aromatic N) is 2. The van der Waals surface area contributed by atoms with Gasteiger partial charge in [0, 0.05) is 24.7 Å². The Morgan fingerprint density at radius 3 is 2.59 bits per heavy atom. The summed E-state index contributed by atoms with van der Waals surface area (Å²) < 4.78 is 0. The number of carbonyl (C=O) groups excluding carboxylic acids is 3. The van der Waals surface area contributed by atoms with Crippen molar-refractivity contribution in [2.45, 2.75) is 39.7 Å². The number of aryl methyl sites for hydroxylation is 1. The molecule has 8 heteroatoms. The molecule has 2 aromatic rings. The molecule has 2 heterocycles. The van der Waals surface area contributed by atoms with Gasteiger partial charge in [0.1, 0.15) is 11.9 Å². The SMILES string of the molecule is Cc1ccc(N2CC(C(=O)NC(CC(C)C)C(=O)Nc3ccn[nH]3)CC2=O)cc1. The first-order valence-corrected chi connectivity index (χ1v) is 9.81. The van der Waals surface area contributed by atoms with E-state index in [1.165, 1.54) is 6.20 Å². The molecule has 2 atom stereocenters. The van der Waals surface area contributed by atoms with Crippen LogP contribution in [0.4, 0.5) is 11.5 Å². The summed E-state index contributed by atoms with van der Waals surface area (Å²) in [6, 6.07) is 8.60. The molecule has 3 amide bonds.